The van der Waals surface area contributed by atoms with Crippen molar-refractivity contribution in [1.29, 1.82) is 0 Å². The number of benzene rings is 2. The van der Waals surface area contributed by atoms with Gasteiger partial charge in [-0.15, -0.1) is 0 Å². The first-order chi connectivity index (χ1) is 11.3. The van der Waals surface area contributed by atoms with Crippen LogP contribution in [0.3, 0.4) is 0 Å². The van der Waals surface area contributed by atoms with Crippen molar-refractivity contribution in [2.75, 3.05) is 27.4 Å². The Kier molecular flexibility index (Phi) is 6.95. The van der Waals surface area contributed by atoms with Gasteiger partial charge in [0.15, 0.2) is 0 Å². The number of rotatable bonds is 8. The lowest BCUT2D eigenvalue weighted by molar-refractivity contribution is 0.195. The van der Waals surface area contributed by atoms with Crippen LogP contribution in [0.1, 0.15) is 11.1 Å². The van der Waals surface area contributed by atoms with Gasteiger partial charge in [0, 0.05) is 0 Å². The number of ether oxygens (including phenoxy) is 3. The third kappa shape index (κ3) is 6.01. The molecule has 0 radical (unpaired) electrons. The summed E-state index contributed by atoms with van der Waals surface area (Å²) in [7, 11) is 3.33. The second-order valence-electron chi connectivity index (χ2n) is 4.89. The van der Waals surface area contributed by atoms with E-state index >= 15 is 0 Å². The van der Waals surface area contributed by atoms with E-state index < -0.39 is 0 Å². The highest BCUT2D eigenvalue weighted by Gasteiger charge is 1.91. The molecule has 0 unspecified atom stereocenters. The van der Waals surface area contributed by atoms with Crippen molar-refractivity contribution in [2.45, 2.75) is 0 Å². The van der Waals surface area contributed by atoms with Crippen LogP contribution in [-0.2, 0) is 4.74 Å². The molecular formula is C20H22O3. The van der Waals surface area contributed by atoms with Crippen molar-refractivity contribution in [3.05, 3.63) is 71.8 Å². The smallest absolute Gasteiger partial charge is 0.118 e. The molecule has 120 valence electrons. The first-order valence-corrected chi connectivity index (χ1v) is 7.51. The number of methoxy groups -OCH3 is 2. The summed E-state index contributed by atoms with van der Waals surface area (Å²) < 4.78 is 15.8. The summed E-state index contributed by atoms with van der Waals surface area (Å²) in [4.78, 5) is 0. The molecule has 0 atom stereocenters. The van der Waals surface area contributed by atoms with Crippen molar-refractivity contribution < 1.29 is 14.2 Å². The SMILES string of the molecule is COc1ccc(C=CCOCC=Cc2ccc(OC)cc2)cc1. The third-order valence-electron chi connectivity index (χ3n) is 3.28. The summed E-state index contributed by atoms with van der Waals surface area (Å²) in [5.74, 6) is 1.73. The van der Waals surface area contributed by atoms with Gasteiger partial charge in [-0.1, -0.05) is 48.6 Å². The minimum absolute atomic E-state index is 0.582. The molecule has 2 aromatic rings. The van der Waals surface area contributed by atoms with E-state index in [1.807, 2.05) is 72.8 Å². The van der Waals surface area contributed by atoms with Crippen LogP contribution in [0, 0.1) is 0 Å². The Labute approximate surface area is 137 Å². The largest absolute Gasteiger partial charge is 0.497 e. The minimum Gasteiger partial charge on any atom is -0.497 e. The Morgan fingerprint density at radius 2 is 1.04 bits per heavy atom. The molecule has 3 heteroatoms. The molecule has 2 aromatic carbocycles. The Hall–Kier alpha value is -2.52. The van der Waals surface area contributed by atoms with E-state index in [0.29, 0.717) is 13.2 Å². The van der Waals surface area contributed by atoms with E-state index in [1.54, 1.807) is 14.2 Å². The molecule has 2 rings (SSSR count). The summed E-state index contributed by atoms with van der Waals surface area (Å²) in [6.07, 6.45) is 8.07. The van der Waals surface area contributed by atoms with Gasteiger partial charge >= 0.3 is 0 Å². The second-order valence-corrected chi connectivity index (χ2v) is 4.89. The van der Waals surface area contributed by atoms with E-state index in [0.717, 1.165) is 22.6 Å². The van der Waals surface area contributed by atoms with Crippen molar-refractivity contribution in [2.24, 2.45) is 0 Å². The molecule has 0 aliphatic rings. The van der Waals surface area contributed by atoms with Crippen molar-refractivity contribution in [3.63, 3.8) is 0 Å². The Morgan fingerprint density at radius 3 is 1.39 bits per heavy atom. The van der Waals surface area contributed by atoms with Crippen molar-refractivity contribution in [1.82, 2.24) is 0 Å². The lowest BCUT2D eigenvalue weighted by Crippen LogP contribution is -1.90. The molecule has 0 spiro atoms. The van der Waals surface area contributed by atoms with Gasteiger partial charge < -0.3 is 14.2 Å². The van der Waals surface area contributed by atoms with Crippen LogP contribution in [0.5, 0.6) is 11.5 Å². The highest BCUT2D eigenvalue weighted by molar-refractivity contribution is 5.51. The van der Waals surface area contributed by atoms with Gasteiger partial charge in [-0.05, 0) is 35.4 Å². The normalized spacial score (nSPS) is 11.2. The van der Waals surface area contributed by atoms with Crippen LogP contribution < -0.4 is 9.47 Å². The van der Waals surface area contributed by atoms with Gasteiger partial charge in [0.05, 0.1) is 27.4 Å². The minimum atomic E-state index is 0.582. The average Bonchev–Trinajstić information content (AvgIpc) is 2.62. The van der Waals surface area contributed by atoms with E-state index in [2.05, 4.69) is 0 Å². The van der Waals surface area contributed by atoms with Gasteiger partial charge in [0.1, 0.15) is 11.5 Å². The highest BCUT2D eigenvalue weighted by Crippen LogP contribution is 2.13. The van der Waals surface area contributed by atoms with Crippen LogP contribution in [0.4, 0.5) is 0 Å². The average molecular weight is 310 g/mol. The number of hydrogen-bond donors (Lipinski definition) is 0. The van der Waals surface area contributed by atoms with Gasteiger partial charge in [-0.25, -0.2) is 0 Å². The molecule has 0 fully saturated rings. The zero-order chi connectivity index (χ0) is 16.3. The summed E-state index contributed by atoms with van der Waals surface area (Å²) in [5.41, 5.74) is 2.26. The molecular weight excluding hydrogens is 288 g/mol. The van der Waals surface area contributed by atoms with Crippen LogP contribution in [-0.4, -0.2) is 27.4 Å². The topological polar surface area (TPSA) is 27.7 Å². The molecule has 0 saturated carbocycles. The van der Waals surface area contributed by atoms with Crippen molar-refractivity contribution in [3.8, 4) is 11.5 Å². The Bertz CT molecular complexity index is 567. The second kappa shape index (κ2) is 9.49. The fourth-order valence-corrected chi connectivity index (χ4v) is 2.00. The van der Waals surface area contributed by atoms with E-state index in [4.69, 9.17) is 14.2 Å². The van der Waals surface area contributed by atoms with Crippen LogP contribution in [0.15, 0.2) is 60.7 Å². The monoisotopic (exact) mass is 310 g/mol. The van der Waals surface area contributed by atoms with Gasteiger partial charge in [0.2, 0.25) is 0 Å². The first-order valence-electron chi connectivity index (χ1n) is 7.51. The maximum absolute atomic E-state index is 5.54. The van der Waals surface area contributed by atoms with E-state index in [1.165, 1.54) is 0 Å². The summed E-state index contributed by atoms with van der Waals surface area (Å²) >= 11 is 0. The highest BCUT2D eigenvalue weighted by atomic mass is 16.5. The summed E-state index contributed by atoms with van der Waals surface area (Å²) in [6.45, 7) is 1.16. The molecule has 0 amide bonds. The molecule has 0 N–H and O–H groups in total. The predicted octanol–water partition coefficient (Wildman–Crippen LogP) is 4.45. The molecule has 0 saturated heterocycles. The number of hydrogen-bond acceptors (Lipinski definition) is 3. The van der Waals surface area contributed by atoms with Gasteiger partial charge in [-0.2, -0.15) is 0 Å². The quantitative estimate of drug-likeness (QED) is 0.674. The third-order valence-corrected chi connectivity index (χ3v) is 3.28. The Morgan fingerprint density at radius 1 is 0.652 bits per heavy atom. The Balaban J connectivity index is 1.68. The van der Waals surface area contributed by atoms with Crippen LogP contribution in [0.25, 0.3) is 12.2 Å². The summed E-state index contributed by atoms with van der Waals surface area (Å²) in [6, 6.07) is 15.8. The molecule has 0 aromatic heterocycles. The molecule has 0 heterocycles. The van der Waals surface area contributed by atoms with Gasteiger partial charge in [0.25, 0.3) is 0 Å². The maximum Gasteiger partial charge on any atom is 0.118 e. The van der Waals surface area contributed by atoms with Gasteiger partial charge in [-0.3, -0.25) is 0 Å². The van der Waals surface area contributed by atoms with Crippen LogP contribution in [0.2, 0.25) is 0 Å². The van der Waals surface area contributed by atoms with Crippen molar-refractivity contribution >= 4 is 12.2 Å². The fourth-order valence-electron chi connectivity index (χ4n) is 2.00. The summed E-state index contributed by atoms with van der Waals surface area (Å²) in [5, 5.41) is 0. The van der Waals surface area contributed by atoms with E-state index in [9.17, 15) is 0 Å². The lowest BCUT2D eigenvalue weighted by Gasteiger charge is -2.00. The van der Waals surface area contributed by atoms with E-state index in [-0.39, 0.29) is 0 Å². The predicted molar refractivity (Wildman–Crippen MR) is 94.9 cm³/mol. The zero-order valence-electron chi connectivity index (χ0n) is 13.6. The molecule has 0 aliphatic heterocycles. The molecule has 3 nitrogen and oxygen atoms in total. The fraction of sp³-hybridized carbons (Fsp3) is 0.200. The standard InChI is InChI=1S/C20H22O3/c1-21-19-11-7-17(8-12-19)5-3-15-23-16-4-6-18-9-13-20(22-2)14-10-18/h3-14H,15-16H2,1-2H3. The first kappa shape index (κ1) is 16.8. The molecule has 0 aliphatic carbocycles. The maximum atomic E-state index is 5.54. The zero-order valence-corrected chi connectivity index (χ0v) is 13.6. The lowest BCUT2D eigenvalue weighted by atomic mass is 10.2. The molecule has 0 bridgehead atoms. The van der Waals surface area contributed by atoms with Crippen LogP contribution >= 0.6 is 0 Å². The molecule has 23 heavy (non-hydrogen) atoms.